The molecule has 0 spiro atoms. The molecule has 1 aliphatic rings. The van der Waals surface area contributed by atoms with Gasteiger partial charge in [-0.25, -0.2) is 4.79 Å². The van der Waals surface area contributed by atoms with E-state index in [0.717, 1.165) is 31.9 Å². The van der Waals surface area contributed by atoms with Crippen molar-refractivity contribution in [2.45, 2.75) is 26.1 Å². The molecule has 0 unspecified atom stereocenters. The van der Waals surface area contributed by atoms with Crippen LogP contribution in [-0.4, -0.2) is 60.1 Å². The Labute approximate surface area is 173 Å². The van der Waals surface area contributed by atoms with Crippen LogP contribution in [0.15, 0.2) is 24.3 Å². The van der Waals surface area contributed by atoms with Gasteiger partial charge in [-0.1, -0.05) is 12.1 Å². The topological polar surface area (TPSA) is 65.4 Å². The quantitative estimate of drug-likeness (QED) is 0.791. The molecule has 0 aliphatic carbocycles. The molecule has 1 aromatic heterocycles. The van der Waals surface area contributed by atoms with Gasteiger partial charge in [0, 0.05) is 44.5 Å². The van der Waals surface area contributed by atoms with Gasteiger partial charge in [0.25, 0.3) is 0 Å². The Kier molecular flexibility index (Phi) is 6.25. The SMILES string of the molecule is Cc1nn(C)c(C)c1[C@H](NC(=O)Nc1ccccc1N1CCN(C)CC1)C(F)(F)F. The zero-order valence-electron chi connectivity index (χ0n) is 17.5. The van der Waals surface area contributed by atoms with Gasteiger partial charge < -0.3 is 20.4 Å². The third-order valence-corrected chi connectivity index (χ3v) is 5.45. The van der Waals surface area contributed by atoms with Crippen LogP contribution in [0.5, 0.6) is 0 Å². The molecule has 2 N–H and O–H groups in total. The van der Waals surface area contributed by atoms with Gasteiger partial charge in [0.05, 0.1) is 17.1 Å². The number of alkyl halides is 3. The molecule has 1 aromatic carbocycles. The molecule has 1 fully saturated rings. The smallest absolute Gasteiger partial charge is 0.367 e. The first-order chi connectivity index (χ1) is 14.1. The number of rotatable bonds is 4. The van der Waals surface area contributed by atoms with Crippen molar-refractivity contribution in [3.63, 3.8) is 0 Å². The number of aromatic nitrogens is 2. The third-order valence-electron chi connectivity index (χ3n) is 5.45. The van der Waals surface area contributed by atoms with Crippen molar-refractivity contribution in [3.05, 3.63) is 41.2 Å². The Hall–Kier alpha value is -2.75. The van der Waals surface area contributed by atoms with Crippen molar-refractivity contribution >= 4 is 17.4 Å². The number of likely N-dealkylation sites (N-methyl/N-ethyl adjacent to an activating group) is 1. The van der Waals surface area contributed by atoms with Crippen LogP contribution < -0.4 is 15.5 Å². The fourth-order valence-electron chi connectivity index (χ4n) is 3.72. The summed E-state index contributed by atoms with van der Waals surface area (Å²) in [5.74, 6) is 0. The first-order valence-electron chi connectivity index (χ1n) is 9.74. The summed E-state index contributed by atoms with van der Waals surface area (Å²) >= 11 is 0. The van der Waals surface area contributed by atoms with E-state index in [1.54, 1.807) is 26.1 Å². The normalized spacial score (nSPS) is 16.4. The number of amides is 2. The van der Waals surface area contributed by atoms with E-state index < -0.39 is 18.2 Å². The van der Waals surface area contributed by atoms with Crippen molar-refractivity contribution in [2.24, 2.45) is 7.05 Å². The second-order valence-electron chi connectivity index (χ2n) is 7.59. The van der Waals surface area contributed by atoms with E-state index in [9.17, 15) is 18.0 Å². The van der Waals surface area contributed by atoms with E-state index >= 15 is 0 Å². The standard InChI is InChI=1S/C20H27F3N6O/c1-13-17(14(2)28(4)26-13)18(20(21,22)23)25-19(30)24-15-7-5-6-8-16(15)29-11-9-27(3)10-12-29/h5-8,18H,9-12H2,1-4H3,(H2,24,25,30)/t18-/m0/s1. The van der Waals surface area contributed by atoms with Crippen LogP contribution in [0, 0.1) is 13.8 Å². The molecule has 0 radical (unpaired) electrons. The molecule has 1 aliphatic heterocycles. The van der Waals surface area contributed by atoms with E-state index in [1.165, 1.54) is 11.6 Å². The highest BCUT2D eigenvalue weighted by Gasteiger charge is 2.44. The summed E-state index contributed by atoms with van der Waals surface area (Å²) in [5, 5.41) is 8.76. The summed E-state index contributed by atoms with van der Waals surface area (Å²) in [5.41, 5.74) is 1.81. The maximum atomic E-state index is 13.8. The fourth-order valence-corrected chi connectivity index (χ4v) is 3.72. The summed E-state index contributed by atoms with van der Waals surface area (Å²) in [6.45, 7) is 6.35. The molecular formula is C20H27F3N6O. The second-order valence-corrected chi connectivity index (χ2v) is 7.59. The Morgan fingerprint density at radius 2 is 1.73 bits per heavy atom. The van der Waals surface area contributed by atoms with Crippen molar-refractivity contribution in [2.75, 3.05) is 43.4 Å². The maximum absolute atomic E-state index is 13.8. The van der Waals surface area contributed by atoms with Gasteiger partial charge in [-0.3, -0.25) is 4.68 Å². The molecule has 10 heteroatoms. The van der Waals surface area contributed by atoms with Crippen LogP contribution in [0.2, 0.25) is 0 Å². The summed E-state index contributed by atoms with van der Waals surface area (Å²) in [7, 11) is 3.61. The third kappa shape index (κ3) is 4.69. The minimum atomic E-state index is -4.66. The largest absolute Gasteiger partial charge is 0.413 e. The fraction of sp³-hybridized carbons (Fsp3) is 0.500. The lowest BCUT2D eigenvalue weighted by atomic mass is 10.0. The predicted octanol–water partition coefficient (Wildman–Crippen LogP) is 3.21. The number of nitrogens with zero attached hydrogens (tertiary/aromatic N) is 4. The Morgan fingerprint density at radius 1 is 1.10 bits per heavy atom. The summed E-state index contributed by atoms with van der Waals surface area (Å²) in [6, 6.07) is 4.07. The molecule has 7 nitrogen and oxygen atoms in total. The number of nitrogens with one attached hydrogen (secondary N) is 2. The van der Waals surface area contributed by atoms with Crippen molar-refractivity contribution in [3.8, 4) is 0 Å². The molecule has 0 bridgehead atoms. The highest BCUT2D eigenvalue weighted by Crippen LogP contribution is 2.36. The van der Waals surface area contributed by atoms with Crippen LogP contribution in [-0.2, 0) is 7.05 Å². The van der Waals surface area contributed by atoms with Crippen LogP contribution >= 0.6 is 0 Å². The predicted molar refractivity (Wildman–Crippen MR) is 110 cm³/mol. The average molecular weight is 424 g/mol. The molecule has 30 heavy (non-hydrogen) atoms. The van der Waals surface area contributed by atoms with Crippen molar-refractivity contribution < 1.29 is 18.0 Å². The number of halogens is 3. The number of carbonyl (C=O) groups is 1. The lowest BCUT2D eigenvalue weighted by Crippen LogP contribution is -2.45. The summed E-state index contributed by atoms with van der Waals surface area (Å²) in [4.78, 5) is 16.9. The minimum absolute atomic E-state index is 0.0347. The first-order valence-corrected chi connectivity index (χ1v) is 9.74. The molecule has 2 amide bonds. The lowest BCUT2D eigenvalue weighted by molar-refractivity contribution is -0.155. The molecule has 0 saturated carbocycles. The summed E-state index contributed by atoms with van der Waals surface area (Å²) < 4.78 is 42.7. The highest BCUT2D eigenvalue weighted by molar-refractivity contribution is 5.93. The van der Waals surface area contributed by atoms with Gasteiger partial charge in [0.1, 0.15) is 0 Å². The Balaban J connectivity index is 1.80. The monoisotopic (exact) mass is 424 g/mol. The van der Waals surface area contributed by atoms with Gasteiger partial charge in [-0.15, -0.1) is 0 Å². The molecule has 2 aromatic rings. The number of hydrogen-bond donors (Lipinski definition) is 2. The number of urea groups is 1. The van der Waals surface area contributed by atoms with Crippen molar-refractivity contribution in [1.82, 2.24) is 20.0 Å². The highest BCUT2D eigenvalue weighted by atomic mass is 19.4. The lowest BCUT2D eigenvalue weighted by Gasteiger charge is -2.35. The second kappa shape index (κ2) is 8.55. The number of para-hydroxylation sites is 2. The Bertz CT molecular complexity index is 902. The summed E-state index contributed by atoms with van der Waals surface area (Å²) in [6.07, 6.45) is -4.66. The molecular weight excluding hydrogens is 397 g/mol. The number of anilines is 2. The van der Waals surface area contributed by atoms with Gasteiger partial charge in [0.15, 0.2) is 6.04 Å². The molecule has 164 valence electrons. The van der Waals surface area contributed by atoms with E-state index in [4.69, 9.17) is 0 Å². The zero-order valence-corrected chi connectivity index (χ0v) is 17.5. The van der Waals surface area contributed by atoms with Gasteiger partial charge in [-0.2, -0.15) is 18.3 Å². The van der Waals surface area contributed by atoms with Crippen molar-refractivity contribution in [1.29, 1.82) is 0 Å². The molecule has 2 heterocycles. The molecule has 1 saturated heterocycles. The van der Waals surface area contributed by atoms with E-state index in [1.807, 2.05) is 19.2 Å². The van der Waals surface area contributed by atoms with E-state index in [0.29, 0.717) is 11.4 Å². The minimum Gasteiger partial charge on any atom is -0.367 e. The van der Waals surface area contributed by atoms with Gasteiger partial charge in [-0.05, 0) is 33.0 Å². The number of hydrogen-bond acceptors (Lipinski definition) is 4. The van der Waals surface area contributed by atoms with Crippen LogP contribution in [0.25, 0.3) is 0 Å². The number of carbonyl (C=O) groups excluding carboxylic acids is 1. The number of benzene rings is 1. The number of aryl methyl sites for hydroxylation is 2. The van der Waals surface area contributed by atoms with E-state index in [2.05, 4.69) is 25.5 Å². The number of piperazine rings is 1. The maximum Gasteiger partial charge on any atom is 0.413 e. The Morgan fingerprint density at radius 3 is 2.30 bits per heavy atom. The zero-order chi connectivity index (χ0) is 22.1. The first kappa shape index (κ1) is 21.9. The van der Waals surface area contributed by atoms with E-state index in [-0.39, 0.29) is 11.3 Å². The van der Waals surface area contributed by atoms with Gasteiger partial charge >= 0.3 is 12.2 Å². The molecule has 3 rings (SSSR count). The average Bonchev–Trinajstić information content (AvgIpc) is 2.92. The van der Waals surface area contributed by atoms with Crippen LogP contribution in [0.3, 0.4) is 0 Å². The van der Waals surface area contributed by atoms with Crippen LogP contribution in [0.4, 0.5) is 29.3 Å². The molecule has 1 atom stereocenters. The van der Waals surface area contributed by atoms with Crippen LogP contribution in [0.1, 0.15) is 23.0 Å². The van der Waals surface area contributed by atoms with Gasteiger partial charge in [0.2, 0.25) is 0 Å².